The summed E-state index contributed by atoms with van der Waals surface area (Å²) >= 11 is 0. The van der Waals surface area contributed by atoms with Crippen molar-refractivity contribution >= 4 is 21.4 Å². The van der Waals surface area contributed by atoms with Crippen LogP contribution in [0.5, 0.6) is 0 Å². The topological polar surface area (TPSA) is 89.2 Å². The number of anilines is 1. The number of aromatic nitrogens is 4. The molecule has 2 aromatic carbocycles. The second-order valence-electron chi connectivity index (χ2n) is 7.47. The molecule has 0 spiro atoms. The Hall–Kier alpha value is -3.26. The number of nitrogens with zero attached hydrogens (tertiary/aromatic N) is 4. The van der Waals surface area contributed by atoms with Crippen molar-refractivity contribution < 1.29 is 8.42 Å². The van der Waals surface area contributed by atoms with E-state index in [4.69, 9.17) is 0 Å². The summed E-state index contributed by atoms with van der Waals surface area (Å²) in [7, 11) is -3.57. The SMILES string of the molecule is CC(C)c1cnn2c(NCc3ccccc3-c3ccccc3)nc(S(C)(=O)=O)nc12. The van der Waals surface area contributed by atoms with Gasteiger partial charge in [-0.3, -0.25) is 0 Å². The summed E-state index contributed by atoms with van der Waals surface area (Å²) in [6, 6.07) is 18.2. The van der Waals surface area contributed by atoms with Crippen LogP contribution in [0.15, 0.2) is 66.0 Å². The van der Waals surface area contributed by atoms with Crippen LogP contribution in [0, 0.1) is 0 Å². The normalized spacial score (nSPS) is 11.9. The minimum absolute atomic E-state index is 0.150. The fourth-order valence-corrected chi connectivity index (χ4v) is 3.82. The second-order valence-corrected chi connectivity index (χ2v) is 9.38. The van der Waals surface area contributed by atoms with Crippen molar-refractivity contribution in [3.05, 3.63) is 71.9 Å². The molecular weight excluding hydrogens is 398 g/mol. The first-order valence-electron chi connectivity index (χ1n) is 9.67. The lowest BCUT2D eigenvalue weighted by Crippen LogP contribution is -2.14. The van der Waals surface area contributed by atoms with Crippen LogP contribution in [0.4, 0.5) is 5.95 Å². The molecule has 0 saturated heterocycles. The molecule has 154 valence electrons. The molecule has 0 amide bonds. The average Bonchev–Trinajstić information content (AvgIpc) is 3.17. The number of fused-ring (bicyclic) bond motifs is 1. The first kappa shape index (κ1) is 20.0. The summed E-state index contributed by atoms with van der Waals surface area (Å²) in [5.41, 5.74) is 4.64. The maximum absolute atomic E-state index is 12.2. The summed E-state index contributed by atoms with van der Waals surface area (Å²) in [6.07, 6.45) is 2.82. The molecule has 0 aliphatic heterocycles. The van der Waals surface area contributed by atoms with E-state index in [1.54, 1.807) is 10.7 Å². The molecule has 8 heteroatoms. The minimum atomic E-state index is -3.57. The average molecular weight is 422 g/mol. The van der Waals surface area contributed by atoms with E-state index >= 15 is 0 Å². The first-order valence-corrected chi connectivity index (χ1v) is 11.6. The molecule has 2 aromatic heterocycles. The van der Waals surface area contributed by atoms with Gasteiger partial charge in [-0.05, 0) is 22.6 Å². The molecule has 0 unspecified atom stereocenters. The summed E-state index contributed by atoms with van der Waals surface area (Å²) in [4.78, 5) is 8.52. The molecule has 2 heterocycles. The van der Waals surface area contributed by atoms with Gasteiger partial charge in [0.2, 0.25) is 15.8 Å². The highest BCUT2D eigenvalue weighted by molar-refractivity contribution is 7.90. The van der Waals surface area contributed by atoms with Gasteiger partial charge >= 0.3 is 0 Å². The van der Waals surface area contributed by atoms with E-state index in [0.717, 1.165) is 28.5 Å². The van der Waals surface area contributed by atoms with Crippen molar-refractivity contribution in [2.45, 2.75) is 31.5 Å². The van der Waals surface area contributed by atoms with E-state index in [9.17, 15) is 8.42 Å². The van der Waals surface area contributed by atoms with Crippen LogP contribution in [0.1, 0.15) is 30.9 Å². The van der Waals surface area contributed by atoms with Crippen LogP contribution in [-0.2, 0) is 16.4 Å². The zero-order chi connectivity index (χ0) is 21.3. The maximum atomic E-state index is 12.2. The van der Waals surface area contributed by atoms with Gasteiger partial charge in [-0.25, -0.2) is 8.42 Å². The zero-order valence-corrected chi connectivity index (χ0v) is 17.9. The number of nitrogens with one attached hydrogen (secondary N) is 1. The molecule has 0 radical (unpaired) electrons. The van der Waals surface area contributed by atoms with E-state index in [0.29, 0.717) is 18.1 Å². The van der Waals surface area contributed by atoms with Crippen LogP contribution in [0.2, 0.25) is 0 Å². The number of sulfone groups is 1. The van der Waals surface area contributed by atoms with E-state index < -0.39 is 9.84 Å². The molecule has 4 aromatic rings. The van der Waals surface area contributed by atoms with E-state index in [1.165, 1.54) is 0 Å². The molecule has 0 saturated carbocycles. The van der Waals surface area contributed by atoms with E-state index in [2.05, 4.69) is 38.6 Å². The lowest BCUT2D eigenvalue weighted by atomic mass is 10.00. The van der Waals surface area contributed by atoms with Crippen molar-refractivity contribution in [1.82, 2.24) is 19.6 Å². The van der Waals surface area contributed by atoms with Gasteiger partial charge in [0.25, 0.3) is 5.16 Å². The highest BCUT2D eigenvalue weighted by Gasteiger charge is 2.20. The quantitative estimate of drug-likeness (QED) is 0.507. The molecule has 0 atom stereocenters. The molecule has 0 aliphatic carbocycles. The lowest BCUT2D eigenvalue weighted by molar-refractivity contribution is 0.592. The number of hydrogen-bond donors (Lipinski definition) is 1. The van der Waals surface area contributed by atoms with Crippen LogP contribution in [0.25, 0.3) is 16.8 Å². The second kappa shape index (κ2) is 7.87. The van der Waals surface area contributed by atoms with Gasteiger partial charge in [0.05, 0.1) is 6.20 Å². The molecule has 30 heavy (non-hydrogen) atoms. The Kier molecular flexibility index (Phi) is 5.26. The van der Waals surface area contributed by atoms with Gasteiger partial charge in [-0.1, -0.05) is 68.4 Å². The zero-order valence-electron chi connectivity index (χ0n) is 17.1. The van der Waals surface area contributed by atoms with Crippen molar-refractivity contribution in [2.24, 2.45) is 0 Å². The highest BCUT2D eigenvalue weighted by Crippen LogP contribution is 2.25. The molecule has 0 aliphatic rings. The maximum Gasteiger partial charge on any atom is 0.252 e. The van der Waals surface area contributed by atoms with Crippen molar-refractivity contribution in [3.8, 4) is 11.1 Å². The Bertz CT molecular complexity index is 1300. The van der Waals surface area contributed by atoms with Gasteiger partial charge < -0.3 is 5.32 Å². The number of rotatable bonds is 6. The fraction of sp³-hybridized carbons (Fsp3) is 0.227. The van der Waals surface area contributed by atoms with Gasteiger partial charge in [0, 0.05) is 18.4 Å². The third-order valence-corrected chi connectivity index (χ3v) is 5.71. The van der Waals surface area contributed by atoms with Crippen molar-refractivity contribution in [3.63, 3.8) is 0 Å². The molecule has 1 N–H and O–H groups in total. The summed E-state index contributed by atoms with van der Waals surface area (Å²) < 4.78 is 25.9. The van der Waals surface area contributed by atoms with Gasteiger partial charge in [0.1, 0.15) is 0 Å². The monoisotopic (exact) mass is 421 g/mol. The Morgan fingerprint density at radius 1 is 1.00 bits per heavy atom. The molecule has 0 bridgehead atoms. The fourth-order valence-electron chi connectivity index (χ4n) is 3.31. The smallest absolute Gasteiger partial charge is 0.252 e. The van der Waals surface area contributed by atoms with E-state index in [-0.39, 0.29) is 11.1 Å². The minimum Gasteiger partial charge on any atom is -0.350 e. The van der Waals surface area contributed by atoms with Gasteiger partial charge in [-0.2, -0.15) is 19.6 Å². The van der Waals surface area contributed by atoms with Gasteiger partial charge in [0.15, 0.2) is 5.65 Å². The predicted molar refractivity (Wildman–Crippen MR) is 117 cm³/mol. The molecule has 4 rings (SSSR count). The van der Waals surface area contributed by atoms with Crippen LogP contribution in [0.3, 0.4) is 0 Å². The third kappa shape index (κ3) is 3.91. The Labute approximate surface area is 175 Å². The number of benzene rings is 2. The van der Waals surface area contributed by atoms with Crippen LogP contribution in [-0.4, -0.2) is 34.3 Å². The largest absolute Gasteiger partial charge is 0.350 e. The first-order chi connectivity index (χ1) is 14.3. The van der Waals surface area contributed by atoms with Crippen LogP contribution >= 0.6 is 0 Å². The summed E-state index contributed by atoms with van der Waals surface area (Å²) in [5.74, 6) is 0.492. The molecule has 7 nitrogen and oxygen atoms in total. The highest BCUT2D eigenvalue weighted by atomic mass is 32.2. The third-order valence-electron chi connectivity index (χ3n) is 4.87. The Morgan fingerprint density at radius 2 is 1.70 bits per heavy atom. The Balaban J connectivity index is 1.75. The molecular formula is C22H23N5O2S. The van der Waals surface area contributed by atoms with Gasteiger partial charge in [-0.15, -0.1) is 0 Å². The van der Waals surface area contributed by atoms with E-state index in [1.807, 2.05) is 50.2 Å². The standard InChI is InChI=1S/C22H23N5O2S/c1-15(2)19-14-24-27-20(19)25-22(30(3,28)29)26-21(27)23-13-17-11-7-8-12-18(17)16-9-5-4-6-10-16/h4-12,14-15H,13H2,1-3H3,(H,23,25,26). The number of hydrogen-bond acceptors (Lipinski definition) is 6. The van der Waals surface area contributed by atoms with Crippen molar-refractivity contribution in [2.75, 3.05) is 11.6 Å². The predicted octanol–water partition coefficient (Wildman–Crippen LogP) is 3.93. The summed E-state index contributed by atoms with van der Waals surface area (Å²) in [6.45, 7) is 4.49. The Morgan fingerprint density at radius 3 is 2.40 bits per heavy atom. The lowest BCUT2D eigenvalue weighted by Gasteiger charge is -2.13. The van der Waals surface area contributed by atoms with Crippen LogP contribution < -0.4 is 5.32 Å². The summed E-state index contributed by atoms with van der Waals surface area (Å²) in [5, 5.41) is 7.44. The van der Waals surface area contributed by atoms with Crippen molar-refractivity contribution in [1.29, 1.82) is 0 Å². The molecule has 0 fully saturated rings.